The van der Waals surface area contributed by atoms with Gasteiger partial charge in [-0.2, -0.15) is 0 Å². The maximum atomic E-state index is 14.8. The predicted octanol–water partition coefficient (Wildman–Crippen LogP) is 8.71. The molecule has 0 spiro atoms. The lowest BCUT2D eigenvalue weighted by molar-refractivity contribution is -0.123. The summed E-state index contributed by atoms with van der Waals surface area (Å²) in [5.74, 6) is 0.155. The van der Waals surface area contributed by atoms with Crippen LogP contribution in [0, 0.1) is 0 Å². The molecule has 0 radical (unpaired) electrons. The van der Waals surface area contributed by atoms with E-state index in [1.54, 1.807) is 57.3 Å². The summed E-state index contributed by atoms with van der Waals surface area (Å²) < 4.78 is 36.9. The molecule has 0 bridgehead atoms. The van der Waals surface area contributed by atoms with Gasteiger partial charge in [0.15, 0.2) is 23.0 Å². The number of piperazine rings is 1. The number of hydrogen-bond donors (Lipinski definition) is 1. The van der Waals surface area contributed by atoms with Gasteiger partial charge >= 0.3 is 0 Å². The fourth-order valence-electron chi connectivity index (χ4n) is 10.1. The molecule has 1 saturated heterocycles. The van der Waals surface area contributed by atoms with E-state index in [9.17, 15) is 19.2 Å². The van der Waals surface area contributed by atoms with Gasteiger partial charge in [-0.15, -0.1) is 0 Å². The van der Waals surface area contributed by atoms with E-state index in [0.717, 1.165) is 66.2 Å². The molecule has 2 atom stereocenters. The molecule has 1 fully saturated rings. The van der Waals surface area contributed by atoms with Crippen LogP contribution in [0.1, 0.15) is 51.1 Å². The monoisotopic (exact) mass is 1090 g/mol. The Hall–Kier alpha value is -6.65. The molecular weight excluding hydrogens is 1010 g/mol. The van der Waals surface area contributed by atoms with Crippen LogP contribution in [0.4, 0.5) is 22.7 Å². The molecule has 2 N–H and O–H groups in total. The van der Waals surface area contributed by atoms with Crippen molar-refractivity contribution in [3.8, 4) is 23.0 Å². The quantitative estimate of drug-likeness (QED) is 0.0478. The Morgan fingerprint density at radius 3 is 1.40 bits per heavy atom. The highest BCUT2D eigenvalue weighted by Gasteiger charge is 2.45. The molecule has 17 nitrogen and oxygen atoms in total. The number of nitrogens with zero attached hydrogens (tertiary/aromatic N) is 6. The lowest BCUT2D eigenvalue weighted by Gasteiger charge is -2.34. The molecule has 4 aromatic rings. The molecule has 0 aliphatic carbocycles. The topological polar surface area (TPSA) is 169 Å². The van der Waals surface area contributed by atoms with Crippen LogP contribution in [0.15, 0.2) is 85.2 Å². The molecule has 19 heteroatoms. The predicted molar refractivity (Wildman–Crippen MR) is 307 cm³/mol. The van der Waals surface area contributed by atoms with Gasteiger partial charge in [0.1, 0.15) is 25.5 Å². The second-order valence-corrected chi connectivity index (χ2v) is 34.2. The van der Waals surface area contributed by atoms with Crippen molar-refractivity contribution in [2.45, 2.75) is 82.7 Å². The van der Waals surface area contributed by atoms with Crippen LogP contribution in [0.2, 0.25) is 51.4 Å². The summed E-state index contributed by atoms with van der Waals surface area (Å²) in [7, 11) is 2.26. The van der Waals surface area contributed by atoms with E-state index in [1.165, 1.54) is 19.1 Å². The van der Waals surface area contributed by atoms with Gasteiger partial charge in [-0.05, 0) is 77.8 Å². The van der Waals surface area contributed by atoms with E-state index in [0.29, 0.717) is 78.1 Å². The number of carbonyl (C=O) groups is 4. The fraction of sp³-hybridized carbons (Fsp3) is 0.448. The number of methoxy groups -OCH3 is 2. The summed E-state index contributed by atoms with van der Waals surface area (Å²) in [6.45, 7) is 18.8. The first-order chi connectivity index (χ1) is 36.8. The van der Waals surface area contributed by atoms with Crippen LogP contribution < -0.4 is 39.4 Å². The summed E-state index contributed by atoms with van der Waals surface area (Å²) in [5, 5.41) is 0. The van der Waals surface area contributed by atoms with Gasteiger partial charge in [0.25, 0.3) is 23.6 Å². The highest BCUT2D eigenvalue weighted by molar-refractivity contribution is 6.76. The Morgan fingerprint density at radius 2 is 0.987 bits per heavy atom. The standard InChI is InChI=1S/C58H75N7O10Si2/c1-60-19-21-61(22-20-60)44-17-13-40(14-18-44)42-30-50-58(69)65(38-73-26-28-77(7,8)9)48-34-54(52(71-3)32-46(48)56(67)63(50)36-42)75-24-10-23-74-53-33-47-45(31-51(53)70-2)55(66)62-35-41(39-11-15-43(59)16-12-39)29-49(62)57(68)64(47)37-72-25-27-76(4,5)6/h11-18,31-36,49-50H,10,19-30,37-38,59H2,1-9H3. The number of anilines is 4. The van der Waals surface area contributed by atoms with E-state index in [4.69, 9.17) is 34.2 Å². The SMILES string of the molecule is COc1cc2c(cc1OCCCOc1cc3c(cc1OC)C(=O)N1C=C(c4ccc(N5CCN(C)CC5)cc4)CC1C(=O)N3COCC[Si](C)(C)C)N(COCC[Si](C)(C)C)C(=O)C1CC(c3ccc(N)cc3)=CN1C2=O. The molecule has 0 aromatic heterocycles. The molecule has 2 unspecified atom stereocenters. The number of likely N-dealkylation sites (N-methyl/N-ethyl adjacent to an activating group) is 1. The van der Waals surface area contributed by atoms with Crippen molar-refractivity contribution >= 4 is 73.7 Å². The van der Waals surface area contributed by atoms with Crippen LogP contribution in [-0.2, 0) is 19.1 Å². The third-order valence-electron chi connectivity index (χ3n) is 14.9. The number of nitrogen functional groups attached to an aromatic ring is 1. The summed E-state index contributed by atoms with van der Waals surface area (Å²) in [6.07, 6.45) is 4.64. The number of hydrogen-bond acceptors (Lipinski definition) is 13. The van der Waals surface area contributed by atoms with E-state index < -0.39 is 28.2 Å². The highest BCUT2D eigenvalue weighted by atomic mass is 28.3. The van der Waals surface area contributed by atoms with Crippen LogP contribution in [0.25, 0.3) is 11.1 Å². The second kappa shape index (κ2) is 23.1. The lowest BCUT2D eigenvalue weighted by atomic mass is 10.0. The van der Waals surface area contributed by atoms with Gasteiger partial charge in [-0.25, -0.2) is 0 Å². The lowest BCUT2D eigenvalue weighted by Crippen LogP contribution is -2.45. The average Bonchev–Trinajstić information content (AvgIpc) is 4.07. The molecule has 410 valence electrons. The van der Waals surface area contributed by atoms with Crippen molar-refractivity contribution in [1.82, 2.24) is 14.7 Å². The minimum absolute atomic E-state index is 0.0372. The zero-order valence-electron chi connectivity index (χ0n) is 46.2. The summed E-state index contributed by atoms with van der Waals surface area (Å²) >= 11 is 0. The Labute approximate surface area is 455 Å². The van der Waals surface area contributed by atoms with Crippen LogP contribution >= 0.6 is 0 Å². The van der Waals surface area contributed by atoms with E-state index in [1.807, 2.05) is 18.3 Å². The number of ether oxygens (including phenoxy) is 6. The van der Waals surface area contributed by atoms with Crippen LogP contribution in [0.5, 0.6) is 23.0 Å². The first-order valence-electron chi connectivity index (χ1n) is 26.8. The largest absolute Gasteiger partial charge is 0.493 e. The minimum Gasteiger partial charge on any atom is -0.493 e. The van der Waals surface area contributed by atoms with Crippen LogP contribution in [-0.4, -0.2) is 154 Å². The molecule has 5 heterocycles. The number of amides is 4. The summed E-state index contributed by atoms with van der Waals surface area (Å²) in [4.78, 5) is 69.5. The van der Waals surface area contributed by atoms with Gasteiger partial charge < -0.3 is 53.8 Å². The Bertz CT molecular complexity index is 2910. The summed E-state index contributed by atoms with van der Waals surface area (Å²) in [6, 6.07) is 22.7. The molecule has 5 aliphatic rings. The molecule has 77 heavy (non-hydrogen) atoms. The van der Waals surface area contributed by atoms with Crippen molar-refractivity contribution < 1.29 is 47.6 Å². The number of rotatable bonds is 21. The number of nitrogens with two attached hydrogens (primary N) is 1. The van der Waals surface area contributed by atoms with Crippen molar-refractivity contribution in [3.63, 3.8) is 0 Å². The van der Waals surface area contributed by atoms with Gasteiger partial charge in [-0.3, -0.25) is 29.0 Å². The number of fused-ring (bicyclic) bond motifs is 4. The fourth-order valence-corrected chi connectivity index (χ4v) is 11.7. The molecule has 0 saturated carbocycles. The molecular formula is C58H75N7O10Si2. The third kappa shape index (κ3) is 12.4. The molecule has 9 rings (SSSR count). The molecule has 5 aliphatic heterocycles. The molecule has 4 amide bonds. The maximum absolute atomic E-state index is 14.8. The van der Waals surface area contributed by atoms with Crippen molar-refractivity contribution in [2.24, 2.45) is 0 Å². The van der Waals surface area contributed by atoms with Crippen molar-refractivity contribution in [3.05, 3.63) is 107 Å². The smallest absolute Gasteiger partial charge is 0.260 e. The van der Waals surface area contributed by atoms with Crippen molar-refractivity contribution in [1.29, 1.82) is 0 Å². The summed E-state index contributed by atoms with van der Waals surface area (Å²) in [5.41, 5.74) is 12.7. The normalized spacial score (nSPS) is 18.8. The van der Waals surface area contributed by atoms with E-state index in [-0.39, 0.29) is 55.9 Å². The van der Waals surface area contributed by atoms with Gasteiger partial charge in [0, 0.05) is 111 Å². The van der Waals surface area contributed by atoms with Gasteiger partial charge in [0.2, 0.25) is 0 Å². The van der Waals surface area contributed by atoms with E-state index >= 15 is 0 Å². The second-order valence-electron chi connectivity index (χ2n) is 23.0. The highest BCUT2D eigenvalue weighted by Crippen LogP contribution is 2.44. The first kappa shape index (κ1) is 55.1. The minimum atomic E-state index is -1.46. The zero-order chi connectivity index (χ0) is 54.8. The van der Waals surface area contributed by atoms with Crippen LogP contribution in [0.3, 0.4) is 0 Å². The van der Waals surface area contributed by atoms with Gasteiger partial charge in [0.05, 0.1) is 49.9 Å². The maximum Gasteiger partial charge on any atom is 0.260 e. The van der Waals surface area contributed by atoms with Crippen molar-refractivity contribution in [2.75, 3.05) is 108 Å². The Balaban J connectivity index is 0.927. The average molecular weight is 1090 g/mol. The van der Waals surface area contributed by atoms with Gasteiger partial charge in [-0.1, -0.05) is 63.5 Å². The third-order valence-corrected chi connectivity index (χ3v) is 18.3. The number of carbonyl (C=O) groups excluding carboxylic acids is 4. The zero-order valence-corrected chi connectivity index (χ0v) is 48.2. The first-order valence-corrected chi connectivity index (χ1v) is 34.2. The Morgan fingerprint density at radius 1 is 0.558 bits per heavy atom. The number of benzene rings is 4. The Kier molecular flexibility index (Phi) is 16.6. The van der Waals surface area contributed by atoms with E-state index in [2.05, 4.69) is 80.4 Å². The molecule has 4 aromatic carbocycles.